The number of nitrogen functional groups attached to an aromatic ring is 1. The minimum Gasteiger partial charge on any atom is -0.399 e. The van der Waals surface area contributed by atoms with Crippen molar-refractivity contribution < 1.29 is 12.8 Å². The molecule has 3 N–H and O–H groups in total. The standard InChI is InChI=1S/C11H9ClFN3O2S/c12-11-9(2-1-5-15-11)16-19(17,18)10-6-7(14)3-4-8(10)13/h1-6,16H,14H2. The highest BCUT2D eigenvalue weighted by molar-refractivity contribution is 7.92. The first-order chi connectivity index (χ1) is 8.90. The van der Waals surface area contributed by atoms with E-state index in [4.69, 9.17) is 17.3 Å². The molecule has 0 spiro atoms. The normalized spacial score (nSPS) is 11.3. The van der Waals surface area contributed by atoms with Gasteiger partial charge in [0.05, 0.1) is 5.69 Å². The molecule has 0 aliphatic carbocycles. The lowest BCUT2D eigenvalue weighted by Crippen LogP contribution is -2.15. The van der Waals surface area contributed by atoms with Gasteiger partial charge in [0.1, 0.15) is 10.7 Å². The maximum Gasteiger partial charge on any atom is 0.264 e. The molecule has 0 saturated carbocycles. The molecule has 0 atom stereocenters. The molecule has 1 heterocycles. The van der Waals surface area contributed by atoms with Gasteiger partial charge in [-0.05, 0) is 30.3 Å². The highest BCUT2D eigenvalue weighted by Crippen LogP contribution is 2.24. The Morgan fingerprint density at radius 1 is 1.32 bits per heavy atom. The molecule has 0 aliphatic rings. The number of rotatable bonds is 3. The largest absolute Gasteiger partial charge is 0.399 e. The summed E-state index contributed by atoms with van der Waals surface area (Å²) in [4.78, 5) is 3.17. The summed E-state index contributed by atoms with van der Waals surface area (Å²) in [5.74, 6) is -0.901. The van der Waals surface area contributed by atoms with Crippen molar-refractivity contribution in [3.05, 3.63) is 47.5 Å². The van der Waals surface area contributed by atoms with Crippen LogP contribution in [0.5, 0.6) is 0 Å². The van der Waals surface area contributed by atoms with E-state index in [1.807, 2.05) is 0 Å². The third kappa shape index (κ3) is 2.94. The molecular formula is C11H9ClFN3O2S. The monoisotopic (exact) mass is 301 g/mol. The summed E-state index contributed by atoms with van der Waals surface area (Å²) in [7, 11) is -4.12. The average molecular weight is 302 g/mol. The van der Waals surface area contributed by atoms with Crippen LogP contribution in [-0.2, 0) is 10.0 Å². The van der Waals surface area contributed by atoms with E-state index >= 15 is 0 Å². The van der Waals surface area contributed by atoms with Crippen LogP contribution < -0.4 is 10.5 Å². The van der Waals surface area contributed by atoms with E-state index < -0.39 is 20.7 Å². The molecular weight excluding hydrogens is 293 g/mol. The van der Waals surface area contributed by atoms with E-state index in [-0.39, 0.29) is 16.5 Å². The molecule has 2 aromatic rings. The van der Waals surface area contributed by atoms with Gasteiger partial charge in [-0.2, -0.15) is 0 Å². The van der Waals surface area contributed by atoms with E-state index in [1.54, 1.807) is 0 Å². The Morgan fingerprint density at radius 2 is 2.05 bits per heavy atom. The van der Waals surface area contributed by atoms with Gasteiger partial charge in [-0.3, -0.25) is 4.72 Å². The first kappa shape index (κ1) is 13.6. The lowest BCUT2D eigenvalue weighted by molar-refractivity contribution is 0.570. The Kier molecular flexibility index (Phi) is 3.59. The molecule has 0 unspecified atom stereocenters. The quantitative estimate of drug-likeness (QED) is 0.672. The lowest BCUT2D eigenvalue weighted by atomic mass is 10.3. The van der Waals surface area contributed by atoms with E-state index in [0.717, 1.165) is 12.1 Å². The van der Waals surface area contributed by atoms with E-state index in [1.165, 1.54) is 24.4 Å². The summed E-state index contributed by atoms with van der Waals surface area (Å²) in [5.41, 5.74) is 5.65. The second kappa shape index (κ2) is 5.02. The zero-order chi connectivity index (χ0) is 14.0. The minimum atomic E-state index is -4.12. The van der Waals surface area contributed by atoms with Crippen molar-refractivity contribution in [2.24, 2.45) is 0 Å². The number of anilines is 2. The minimum absolute atomic E-state index is 0.0320. The van der Waals surface area contributed by atoms with Crippen molar-refractivity contribution in [1.29, 1.82) is 0 Å². The SMILES string of the molecule is Nc1ccc(F)c(S(=O)(=O)Nc2cccnc2Cl)c1. The summed E-state index contributed by atoms with van der Waals surface area (Å²) >= 11 is 5.73. The molecule has 0 amide bonds. The fraction of sp³-hybridized carbons (Fsp3) is 0. The van der Waals surface area contributed by atoms with E-state index in [2.05, 4.69) is 9.71 Å². The van der Waals surface area contributed by atoms with Crippen molar-refractivity contribution >= 4 is 33.0 Å². The van der Waals surface area contributed by atoms with Crippen LogP contribution >= 0.6 is 11.6 Å². The van der Waals surface area contributed by atoms with Gasteiger partial charge in [-0.1, -0.05) is 11.6 Å². The molecule has 1 aromatic carbocycles. The van der Waals surface area contributed by atoms with Gasteiger partial charge in [0.2, 0.25) is 0 Å². The molecule has 5 nitrogen and oxygen atoms in total. The maximum atomic E-state index is 13.5. The van der Waals surface area contributed by atoms with Gasteiger partial charge >= 0.3 is 0 Å². The van der Waals surface area contributed by atoms with Crippen molar-refractivity contribution in [1.82, 2.24) is 4.98 Å². The van der Waals surface area contributed by atoms with Crippen LogP contribution in [-0.4, -0.2) is 13.4 Å². The van der Waals surface area contributed by atoms with Crippen LogP contribution in [0.2, 0.25) is 5.15 Å². The van der Waals surface area contributed by atoms with Crippen molar-refractivity contribution in [3.8, 4) is 0 Å². The van der Waals surface area contributed by atoms with Crippen molar-refractivity contribution in [3.63, 3.8) is 0 Å². The average Bonchev–Trinajstić information content (AvgIpc) is 2.35. The highest BCUT2D eigenvalue weighted by Gasteiger charge is 2.20. The molecule has 19 heavy (non-hydrogen) atoms. The lowest BCUT2D eigenvalue weighted by Gasteiger charge is -2.10. The van der Waals surface area contributed by atoms with Crippen LogP contribution in [0.4, 0.5) is 15.8 Å². The summed E-state index contributed by atoms with van der Waals surface area (Å²) in [6, 6.07) is 6.19. The fourth-order valence-electron chi connectivity index (χ4n) is 1.39. The summed E-state index contributed by atoms with van der Waals surface area (Å²) < 4.78 is 39.8. The van der Waals surface area contributed by atoms with Crippen LogP contribution in [0, 0.1) is 5.82 Å². The van der Waals surface area contributed by atoms with Gasteiger partial charge in [0.25, 0.3) is 10.0 Å². The first-order valence-electron chi connectivity index (χ1n) is 5.08. The molecule has 1 aromatic heterocycles. The third-order valence-corrected chi connectivity index (χ3v) is 3.93. The summed E-state index contributed by atoms with van der Waals surface area (Å²) in [6.07, 6.45) is 1.40. The second-order valence-electron chi connectivity index (χ2n) is 3.64. The van der Waals surface area contributed by atoms with Crippen LogP contribution in [0.3, 0.4) is 0 Å². The Hall–Kier alpha value is -1.86. The Morgan fingerprint density at radius 3 is 2.74 bits per heavy atom. The van der Waals surface area contributed by atoms with Gasteiger partial charge in [0, 0.05) is 11.9 Å². The maximum absolute atomic E-state index is 13.5. The van der Waals surface area contributed by atoms with Crippen molar-refractivity contribution in [2.45, 2.75) is 4.90 Å². The van der Waals surface area contributed by atoms with Crippen LogP contribution in [0.1, 0.15) is 0 Å². The smallest absolute Gasteiger partial charge is 0.264 e. The summed E-state index contributed by atoms with van der Waals surface area (Å²) in [6.45, 7) is 0. The number of nitrogens with one attached hydrogen (secondary N) is 1. The number of halogens is 2. The number of aromatic nitrogens is 1. The number of benzene rings is 1. The number of pyridine rings is 1. The predicted octanol–water partition coefficient (Wildman–Crippen LogP) is 2.26. The molecule has 0 bridgehead atoms. The van der Waals surface area contributed by atoms with Gasteiger partial charge in [-0.25, -0.2) is 17.8 Å². The fourth-order valence-corrected chi connectivity index (χ4v) is 2.79. The van der Waals surface area contributed by atoms with Gasteiger partial charge in [0.15, 0.2) is 5.15 Å². The predicted molar refractivity (Wildman–Crippen MR) is 70.9 cm³/mol. The zero-order valence-corrected chi connectivity index (χ0v) is 11.0. The Bertz CT molecular complexity index is 722. The van der Waals surface area contributed by atoms with E-state index in [9.17, 15) is 12.8 Å². The topological polar surface area (TPSA) is 85.1 Å². The molecule has 0 fully saturated rings. The van der Waals surface area contributed by atoms with E-state index in [0.29, 0.717) is 0 Å². The molecule has 0 radical (unpaired) electrons. The van der Waals surface area contributed by atoms with Gasteiger partial charge in [-0.15, -0.1) is 0 Å². The number of nitrogens with two attached hydrogens (primary N) is 1. The molecule has 8 heteroatoms. The summed E-state index contributed by atoms with van der Waals surface area (Å²) in [5, 5.41) is -0.0320. The Balaban J connectivity index is 2.44. The third-order valence-electron chi connectivity index (χ3n) is 2.25. The number of hydrogen-bond donors (Lipinski definition) is 2. The molecule has 2 rings (SSSR count). The van der Waals surface area contributed by atoms with Crippen molar-refractivity contribution in [2.75, 3.05) is 10.5 Å². The van der Waals surface area contributed by atoms with Crippen LogP contribution in [0.25, 0.3) is 0 Å². The first-order valence-corrected chi connectivity index (χ1v) is 6.94. The molecule has 100 valence electrons. The van der Waals surface area contributed by atoms with Crippen LogP contribution in [0.15, 0.2) is 41.4 Å². The Labute approximate surface area is 114 Å². The molecule has 0 aliphatic heterocycles. The highest BCUT2D eigenvalue weighted by atomic mass is 35.5. The second-order valence-corrected chi connectivity index (χ2v) is 5.65. The zero-order valence-electron chi connectivity index (χ0n) is 9.47. The number of hydrogen-bond acceptors (Lipinski definition) is 4. The van der Waals surface area contributed by atoms with Gasteiger partial charge < -0.3 is 5.73 Å². The number of nitrogens with zero attached hydrogens (tertiary/aromatic N) is 1. The number of sulfonamides is 1. The molecule has 0 saturated heterocycles.